The summed E-state index contributed by atoms with van der Waals surface area (Å²) in [6.45, 7) is 1.96. The molecule has 0 aromatic heterocycles. The lowest BCUT2D eigenvalue weighted by Gasteiger charge is -2.20. The van der Waals surface area contributed by atoms with Crippen LogP contribution in [-0.2, 0) is 4.79 Å². The SMILES string of the molecule is O=C1N=C(N2CCCCCC2)S/C1=C\c1ccc(Cl)cc1Cl. The Morgan fingerprint density at radius 1 is 1.14 bits per heavy atom. The van der Waals surface area contributed by atoms with E-state index in [1.807, 2.05) is 6.07 Å². The topological polar surface area (TPSA) is 32.7 Å². The highest BCUT2D eigenvalue weighted by Crippen LogP contribution is 2.33. The van der Waals surface area contributed by atoms with Crippen LogP contribution in [0.15, 0.2) is 28.1 Å². The van der Waals surface area contributed by atoms with Crippen molar-refractivity contribution in [3.8, 4) is 0 Å². The molecule has 1 saturated heterocycles. The summed E-state index contributed by atoms with van der Waals surface area (Å²) in [5.41, 5.74) is 0.786. The molecular formula is C16H16Cl2N2OS. The molecular weight excluding hydrogens is 339 g/mol. The highest BCUT2D eigenvalue weighted by Gasteiger charge is 2.26. The molecule has 1 amide bonds. The van der Waals surface area contributed by atoms with Crippen molar-refractivity contribution in [2.45, 2.75) is 25.7 Å². The standard InChI is InChI=1S/C16H16Cl2N2OS/c17-12-6-5-11(13(18)10-12)9-14-15(21)19-16(22-14)20-7-3-1-2-4-8-20/h5-6,9-10H,1-4,7-8H2/b14-9-. The summed E-state index contributed by atoms with van der Waals surface area (Å²) < 4.78 is 0. The lowest BCUT2D eigenvalue weighted by Crippen LogP contribution is -2.28. The van der Waals surface area contributed by atoms with Crippen LogP contribution in [0.25, 0.3) is 6.08 Å². The largest absolute Gasteiger partial charge is 0.351 e. The molecule has 0 saturated carbocycles. The maximum absolute atomic E-state index is 12.1. The zero-order valence-corrected chi connectivity index (χ0v) is 14.3. The van der Waals surface area contributed by atoms with Gasteiger partial charge in [0.2, 0.25) is 0 Å². The molecule has 22 heavy (non-hydrogen) atoms. The Kier molecular flexibility index (Phi) is 5.11. The van der Waals surface area contributed by atoms with E-state index in [1.54, 1.807) is 18.2 Å². The number of halogens is 2. The van der Waals surface area contributed by atoms with Gasteiger partial charge in [-0.2, -0.15) is 4.99 Å². The minimum atomic E-state index is -0.185. The predicted molar refractivity (Wildman–Crippen MR) is 94.5 cm³/mol. The zero-order valence-electron chi connectivity index (χ0n) is 12.0. The molecule has 2 aliphatic heterocycles. The van der Waals surface area contributed by atoms with Crippen molar-refractivity contribution >= 4 is 52.1 Å². The first-order valence-corrected chi connectivity index (χ1v) is 8.93. The number of carbonyl (C=O) groups excluding carboxylic acids is 1. The Labute approximate surface area is 144 Å². The fourth-order valence-corrected chi connectivity index (χ4v) is 3.97. The molecule has 0 atom stereocenters. The van der Waals surface area contributed by atoms with Gasteiger partial charge in [0.1, 0.15) is 0 Å². The van der Waals surface area contributed by atoms with E-state index in [2.05, 4.69) is 9.89 Å². The third-order valence-electron chi connectivity index (χ3n) is 3.73. The maximum Gasteiger partial charge on any atom is 0.286 e. The summed E-state index contributed by atoms with van der Waals surface area (Å²) in [5.74, 6) is -0.185. The molecule has 1 aromatic carbocycles. The normalized spacial score (nSPS) is 21.2. The lowest BCUT2D eigenvalue weighted by atomic mass is 10.2. The first-order chi connectivity index (χ1) is 10.6. The first-order valence-electron chi connectivity index (χ1n) is 7.36. The summed E-state index contributed by atoms with van der Waals surface area (Å²) in [6, 6.07) is 5.26. The van der Waals surface area contributed by atoms with Gasteiger partial charge in [-0.1, -0.05) is 42.1 Å². The Morgan fingerprint density at radius 3 is 2.55 bits per heavy atom. The van der Waals surface area contributed by atoms with Crippen LogP contribution in [0.2, 0.25) is 10.0 Å². The highest BCUT2D eigenvalue weighted by molar-refractivity contribution is 8.18. The van der Waals surface area contributed by atoms with Gasteiger partial charge in [0, 0.05) is 23.1 Å². The molecule has 3 nitrogen and oxygen atoms in total. The van der Waals surface area contributed by atoms with Gasteiger partial charge in [-0.05, 0) is 48.4 Å². The number of amidine groups is 1. The summed E-state index contributed by atoms with van der Waals surface area (Å²) >= 11 is 13.5. The van der Waals surface area contributed by atoms with Crippen molar-refractivity contribution in [2.24, 2.45) is 4.99 Å². The Morgan fingerprint density at radius 2 is 1.86 bits per heavy atom. The number of amides is 1. The van der Waals surface area contributed by atoms with Crippen LogP contribution in [0.5, 0.6) is 0 Å². The number of likely N-dealkylation sites (tertiary alicyclic amines) is 1. The Hall–Kier alpha value is -0.970. The molecule has 0 radical (unpaired) electrons. The van der Waals surface area contributed by atoms with Gasteiger partial charge in [-0.15, -0.1) is 0 Å². The minimum Gasteiger partial charge on any atom is -0.351 e. The van der Waals surface area contributed by atoms with Crippen LogP contribution in [0.3, 0.4) is 0 Å². The molecule has 2 heterocycles. The second-order valence-corrected chi connectivity index (χ2v) is 7.23. The van der Waals surface area contributed by atoms with Gasteiger partial charge in [-0.3, -0.25) is 4.79 Å². The molecule has 0 aliphatic carbocycles. The van der Waals surface area contributed by atoms with Crippen molar-refractivity contribution in [1.29, 1.82) is 0 Å². The Balaban J connectivity index is 1.77. The number of thioether (sulfide) groups is 1. The third kappa shape index (κ3) is 3.67. The number of aliphatic imine (C=N–C) groups is 1. The van der Waals surface area contributed by atoms with Gasteiger partial charge in [0.25, 0.3) is 5.91 Å². The number of benzene rings is 1. The molecule has 6 heteroatoms. The monoisotopic (exact) mass is 354 g/mol. The number of rotatable bonds is 1. The second-order valence-electron chi connectivity index (χ2n) is 5.38. The smallest absolute Gasteiger partial charge is 0.286 e. The molecule has 0 spiro atoms. The molecule has 1 aromatic rings. The van der Waals surface area contributed by atoms with Crippen LogP contribution in [0.4, 0.5) is 0 Å². The van der Waals surface area contributed by atoms with Crippen LogP contribution in [0, 0.1) is 0 Å². The molecule has 1 fully saturated rings. The molecule has 116 valence electrons. The lowest BCUT2D eigenvalue weighted by molar-refractivity contribution is -0.113. The average molecular weight is 355 g/mol. The van der Waals surface area contributed by atoms with E-state index in [0.717, 1.165) is 36.7 Å². The van der Waals surface area contributed by atoms with Crippen LogP contribution < -0.4 is 0 Å². The fourth-order valence-electron chi connectivity index (χ4n) is 2.56. The predicted octanol–water partition coefficient (Wildman–Crippen LogP) is 4.84. The van der Waals surface area contributed by atoms with Gasteiger partial charge >= 0.3 is 0 Å². The van der Waals surface area contributed by atoms with Gasteiger partial charge in [-0.25, -0.2) is 0 Å². The van der Waals surface area contributed by atoms with Crippen LogP contribution in [-0.4, -0.2) is 29.1 Å². The van der Waals surface area contributed by atoms with Crippen molar-refractivity contribution < 1.29 is 4.79 Å². The number of nitrogens with zero attached hydrogens (tertiary/aromatic N) is 2. The number of hydrogen-bond donors (Lipinski definition) is 0. The molecule has 0 bridgehead atoms. The van der Waals surface area contributed by atoms with E-state index in [0.29, 0.717) is 15.0 Å². The zero-order chi connectivity index (χ0) is 15.5. The summed E-state index contributed by atoms with van der Waals surface area (Å²) in [6.07, 6.45) is 6.63. The van der Waals surface area contributed by atoms with Gasteiger partial charge in [0.15, 0.2) is 5.17 Å². The van der Waals surface area contributed by atoms with Crippen molar-refractivity contribution in [1.82, 2.24) is 4.90 Å². The molecule has 0 unspecified atom stereocenters. The van der Waals surface area contributed by atoms with Gasteiger partial charge in [0.05, 0.1) is 4.91 Å². The molecule has 3 rings (SSSR count). The van der Waals surface area contributed by atoms with Crippen molar-refractivity contribution in [2.75, 3.05) is 13.1 Å². The highest BCUT2D eigenvalue weighted by atomic mass is 35.5. The van der Waals surface area contributed by atoms with E-state index in [-0.39, 0.29) is 5.91 Å². The molecule has 2 aliphatic rings. The summed E-state index contributed by atoms with van der Waals surface area (Å²) in [7, 11) is 0. The minimum absolute atomic E-state index is 0.185. The maximum atomic E-state index is 12.1. The van der Waals surface area contributed by atoms with E-state index >= 15 is 0 Å². The fraction of sp³-hybridized carbons (Fsp3) is 0.375. The summed E-state index contributed by atoms with van der Waals surface area (Å²) in [4.78, 5) is 19.2. The van der Waals surface area contributed by atoms with Crippen LogP contribution in [0.1, 0.15) is 31.2 Å². The van der Waals surface area contributed by atoms with E-state index in [4.69, 9.17) is 23.2 Å². The number of hydrogen-bond acceptors (Lipinski definition) is 3. The van der Waals surface area contributed by atoms with E-state index in [1.165, 1.54) is 24.6 Å². The van der Waals surface area contributed by atoms with Crippen LogP contribution >= 0.6 is 35.0 Å². The quantitative estimate of drug-likeness (QED) is 0.676. The van der Waals surface area contributed by atoms with Gasteiger partial charge < -0.3 is 4.90 Å². The van der Waals surface area contributed by atoms with E-state index in [9.17, 15) is 4.79 Å². The summed E-state index contributed by atoms with van der Waals surface area (Å²) in [5, 5.41) is 1.94. The van der Waals surface area contributed by atoms with Crippen molar-refractivity contribution in [3.05, 3.63) is 38.7 Å². The second kappa shape index (κ2) is 7.07. The first kappa shape index (κ1) is 15.9. The molecule has 0 N–H and O–H groups in total. The number of carbonyl (C=O) groups is 1. The van der Waals surface area contributed by atoms with Crippen molar-refractivity contribution in [3.63, 3.8) is 0 Å². The van der Waals surface area contributed by atoms with E-state index < -0.39 is 0 Å². The Bertz CT molecular complexity index is 650. The average Bonchev–Trinajstić information content (AvgIpc) is 2.70. The third-order valence-corrected chi connectivity index (χ3v) is 5.34.